The van der Waals surface area contributed by atoms with Crippen LogP contribution in [0, 0.1) is 23.7 Å². The van der Waals surface area contributed by atoms with Gasteiger partial charge in [0.15, 0.2) is 0 Å². The summed E-state index contributed by atoms with van der Waals surface area (Å²) in [5.74, 6) is -0.347. The third-order valence-electron chi connectivity index (χ3n) is 4.96. The smallest absolute Gasteiger partial charge is 0.352 e. The van der Waals surface area contributed by atoms with Crippen LogP contribution in [0.5, 0.6) is 0 Å². The molecule has 0 spiro atoms. The van der Waals surface area contributed by atoms with E-state index in [0.29, 0.717) is 24.7 Å². The van der Waals surface area contributed by atoms with Gasteiger partial charge in [-0.1, -0.05) is 0 Å². The van der Waals surface area contributed by atoms with Crippen molar-refractivity contribution in [3.63, 3.8) is 0 Å². The van der Waals surface area contributed by atoms with Gasteiger partial charge in [0.05, 0.1) is 5.92 Å². The van der Waals surface area contributed by atoms with Crippen LogP contribution in [0.2, 0.25) is 0 Å². The van der Waals surface area contributed by atoms with Gasteiger partial charge in [-0.05, 0) is 37.5 Å². The number of piperidine rings is 1. The van der Waals surface area contributed by atoms with Crippen molar-refractivity contribution < 1.29 is 18.0 Å². The van der Waals surface area contributed by atoms with Crippen LogP contribution in [0.15, 0.2) is 0 Å². The molecular weight excluding hydrogens is 257 g/mol. The Morgan fingerprint density at radius 3 is 2.16 bits per heavy atom. The summed E-state index contributed by atoms with van der Waals surface area (Å²) in [6, 6.07) is 0.272. The molecule has 1 heterocycles. The molecule has 0 aromatic carbocycles. The fraction of sp³-hybridized carbons (Fsp3) is 0.923. The third kappa shape index (κ3) is 2.59. The molecule has 0 aromatic heterocycles. The fourth-order valence-corrected chi connectivity index (χ4v) is 3.60. The van der Waals surface area contributed by atoms with E-state index in [4.69, 9.17) is 0 Å². The molecule has 2 saturated carbocycles. The van der Waals surface area contributed by atoms with Crippen molar-refractivity contribution in [3.8, 4) is 0 Å². The Labute approximate surface area is 110 Å². The van der Waals surface area contributed by atoms with E-state index >= 15 is 0 Å². The van der Waals surface area contributed by atoms with Gasteiger partial charge in [-0.2, -0.15) is 13.2 Å². The van der Waals surface area contributed by atoms with Gasteiger partial charge in [0.25, 0.3) is 0 Å². The number of amides is 1. The van der Waals surface area contributed by atoms with Gasteiger partial charge in [0, 0.05) is 25.0 Å². The highest BCUT2D eigenvalue weighted by atomic mass is 19.4. The Kier molecular flexibility index (Phi) is 3.23. The molecule has 19 heavy (non-hydrogen) atoms. The van der Waals surface area contributed by atoms with E-state index in [1.165, 1.54) is 0 Å². The fourth-order valence-electron chi connectivity index (χ4n) is 3.60. The van der Waals surface area contributed by atoms with Crippen LogP contribution in [0.1, 0.15) is 25.7 Å². The molecule has 108 valence electrons. The van der Waals surface area contributed by atoms with Crippen molar-refractivity contribution in [1.82, 2.24) is 10.6 Å². The van der Waals surface area contributed by atoms with Gasteiger partial charge in [-0.15, -0.1) is 0 Å². The Morgan fingerprint density at radius 1 is 1.05 bits per heavy atom. The van der Waals surface area contributed by atoms with Crippen molar-refractivity contribution in [2.75, 3.05) is 13.1 Å². The van der Waals surface area contributed by atoms with E-state index in [9.17, 15) is 18.0 Å². The molecule has 3 nitrogen and oxygen atoms in total. The molecule has 0 radical (unpaired) electrons. The Balaban J connectivity index is 1.45. The third-order valence-corrected chi connectivity index (χ3v) is 4.96. The van der Waals surface area contributed by atoms with Gasteiger partial charge in [-0.3, -0.25) is 4.79 Å². The lowest BCUT2D eigenvalue weighted by atomic mass is 9.81. The zero-order chi connectivity index (χ0) is 13.6. The maximum Gasteiger partial charge on any atom is 0.391 e. The lowest BCUT2D eigenvalue weighted by Crippen LogP contribution is -2.39. The van der Waals surface area contributed by atoms with E-state index in [1.54, 1.807) is 0 Å². The van der Waals surface area contributed by atoms with Crippen LogP contribution in [0.4, 0.5) is 13.2 Å². The Morgan fingerprint density at radius 2 is 1.63 bits per heavy atom. The van der Waals surface area contributed by atoms with Crippen LogP contribution >= 0.6 is 0 Å². The summed E-state index contributed by atoms with van der Waals surface area (Å²) in [6.45, 7) is 1.91. The predicted molar refractivity (Wildman–Crippen MR) is 63.3 cm³/mol. The van der Waals surface area contributed by atoms with Crippen molar-refractivity contribution in [3.05, 3.63) is 0 Å². The van der Waals surface area contributed by atoms with Gasteiger partial charge in [-0.25, -0.2) is 0 Å². The summed E-state index contributed by atoms with van der Waals surface area (Å²) < 4.78 is 37.6. The topological polar surface area (TPSA) is 41.1 Å². The van der Waals surface area contributed by atoms with Crippen LogP contribution in [-0.2, 0) is 4.79 Å². The number of carbonyl (C=O) groups excluding carboxylic acids is 1. The number of carbonyl (C=O) groups is 1. The van der Waals surface area contributed by atoms with E-state index in [2.05, 4.69) is 10.6 Å². The van der Waals surface area contributed by atoms with Gasteiger partial charge < -0.3 is 10.6 Å². The number of nitrogens with one attached hydrogen (secondary N) is 2. The molecule has 0 aromatic rings. The maximum atomic E-state index is 12.5. The van der Waals surface area contributed by atoms with Crippen molar-refractivity contribution in [2.24, 2.45) is 23.7 Å². The second kappa shape index (κ2) is 4.65. The van der Waals surface area contributed by atoms with Gasteiger partial charge in [0.1, 0.15) is 0 Å². The Hall–Kier alpha value is -0.780. The number of hydrogen-bond donors (Lipinski definition) is 2. The van der Waals surface area contributed by atoms with E-state index in [1.807, 2.05) is 0 Å². The number of rotatable bonds is 2. The molecule has 6 heteroatoms. The number of fused-ring (bicyclic) bond motifs is 1. The molecule has 3 rings (SSSR count). The van der Waals surface area contributed by atoms with Crippen LogP contribution in [-0.4, -0.2) is 31.2 Å². The molecule has 2 unspecified atom stereocenters. The second-order valence-electron chi connectivity index (χ2n) is 6.11. The number of halogens is 3. The normalized spacial score (nSPS) is 41.7. The van der Waals surface area contributed by atoms with Crippen LogP contribution < -0.4 is 10.6 Å². The largest absolute Gasteiger partial charge is 0.391 e. The first-order valence-corrected chi connectivity index (χ1v) is 7.04. The van der Waals surface area contributed by atoms with Gasteiger partial charge in [0.2, 0.25) is 5.91 Å². The molecule has 0 bridgehead atoms. The first-order chi connectivity index (χ1) is 8.97. The molecule has 1 amide bonds. The molecule has 3 aliphatic rings. The SMILES string of the molecule is O=C(NC1C2CNCC21)C1CCC(C(F)(F)F)CC1. The molecule has 1 aliphatic heterocycles. The summed E-state index contributed by atoms with van der Waals surface area (Å²) in [6.07, 6.45) is -3.16. The number of hydrogen-bond acceptors (Lipinski definition) is 2. The first kappa shape index (κ1) is 13.2. The summed E-state index contributed by atoms with van der Waals surface area (Å²) in [5, 5.41) is 6.27. The van der Waals surface area contributed by atoms with Crippen molar-refractivity contribution in [1.29, 1.82) is 0 Å². The highest BCUT2D eigenvalue weighted by Crippen LogP contribution is 2.43. The molecule has 3 fully saturated rings. The first-order valence-electron chi connectivity index (χ1n) is 7.04. The standard InChI is InChI=1S/C13H19F3N2O/c14-13(15,16)8-3-1-7(2-4-8)12(19)18-11-9-5-17-6-10(9)11/h7-11,17H,1-6H2,(H,18,19). The number of alkyl halides is 3. The molecular formula is C13H19F3N2O. The minimum absolute atomic E-state index is 0.0278. The summed E-state index contributed by atoms with van der Waals surface area (Å²) in [4.78, 5) is 12.0. The highest BCUT2D eigenvalue weighted by molar-refractivity contribution is 5.79. The van der Waals surface area contributed by atoms with Crippen LogP contribution in [0.3, 0.4) is 0 Å². The summed E-state index contributed by atoms with van der Waals surface area (Å²) in [7, 11) is 0. The average Bonchev–Trinajstić information content (AvgIpc) is 2.81. The molecule has 2 atom stereocenters. The lowest BCUT2D eigenvalue weighted by Gasteiger charge is -2.29. The van der Waals surface area contributed by atoms with Crippen LogP contribution in [0.25, 0.3) is 0 Å². The quantitative estimate of drug-likeness (QED) is 0.806. The minimum Gasteiger partial charge on any atom is -0.352 e. The monoisotopic (exact) mass is 276 g/mol. The van der Waals surface area contributed by atoms with E-state index < -0.39 is 12.1 Å². The molecule has 1 saturated heterocycles. The van der Waals surface area contributed by atoms with E-state index in [-0.39, 0.29) is 30.7 Å². The highest BCUT2D eigenvalue weighted by Gasteiger charge is 2.54. The predicted octanol–water partition coefficient (Wildman–Crippen LogP) is 1.69. The zero-order valence-electron chi connectivity index (χ0n) is 10.7. The molecule has 2 N–H and O–H groups in total. The average molecular weight is 276 g/mol. The Bertz CT molecular complexity index is 353. The van der Waals surface area contributed by atoms with Gasteiger partial charge >= 0.3 is 6.18 Å². The second-order valence-corrected chi connectivity index (χ2v) is 6.11. The van der Waals surface area contributed by atoms with Crippen molar-refractivity contribution >= 4 is 5.91 Å². The van der Waals surface area contributed by atoms with E-state index in [0.717, 1.165) is 13.1 Å². The lowest BCUT2D eigenvalue weighted by molar-refractivity contribution is -0.184. The summed E-state index contributed by atoms with van der Waals surface area (Å²) in [5.41, 5.74) is 0. The molecule has 2 aliphatic carbocycles. The minimum atomic E-state index is -4.10. The van der Waals surface area contributed by atoms with Crippen molar-refractivity contribution in [2.45, 2.75) is 37.9 Å². The maximum absolute atomic E-state index is 12.5. The zero-order valence-corrected chi connectivity index (χ0v) is 10.7. The summed E-state index contributed by atoms with van der Waals surface area (Å²) >= 11 is 0.